The number of aromatic nitrogens is 4. The van der Waals surface area contributed by atoms with Crippen molar-refractivity contribution in [2.24, 2.45) is 7.05 Å². The molecule has 2 aromatic heterocycles. The van der Waals surface area contributed by atoms with E-state index in [2.05, 4.69) is 77.5 Å². The minimum absolute atomic E-state index is 0.776. The van der Waals surface area contributed by atoms with E-state index < -0.39 is 0 Å². The third-order valence-corrected chi connectivity index (χ3v) is 4.23. The maximum Gasteiger partial charge on any atom is 0.123 e. The molecule has 22 heavy (non-hydrogen) atoms. The first-order valence-electron chi connectivity index (χ1n) is 7.56. The highest BCUT2D eigenvalue weighted by molar-refractivity contribution is 5.75. The zero-order valence-corrected chi connectivity index (χ0v) is 13.9. The van der Waals surface area contributed by atoms with Gasteiger partial charge in [0, 0.05) is 12.7 Å². The molecule has 0 aliphatic rings. The molecule has 0 radical (unpaired) electrons. The number of H-pyrrole nitrogens is 1. The molecule has 3 aromatic rings. The van der Waals surface area contributed by atoms with E-state index in [1.54, 1.807) is 0 Å². The van der Waals surface area contributed by atoms with Gasteiger partial charge in [0.1, 0.15) is 11.6 Å². The van der Waals surface area contributed by atoms with Crippen molar-refractivity contribution in [2.75, 3.05) is 7.05 Å². The van der Waals surface area contributed by atoms with Crippen LogP contribution >= 0.6 is 0 Å². The monoisotopic (exact) mass is 297 g/mol. The molecule has 5 nitrogen and oxygen atoms in total. The first-order chi connectivity index (χ1) is 10.4. The van der Waals surface area contributed by atoms with Gasteiger partial charge in [0.2, 0.25) is 0 Å². The molecule has 0 atom stereocenters. The first kappa shape index (κ1) is 14.8. The van der Waals surface area contributed by atoms with Gasteiger partial charge in [0.25, 0.3) is 0 Å². The van der Waals surface area contributed by atoms with Crippen molar-refractivity contribution in [2.45, 2.75) is 33.9 Å². The van der Waals surface area contributed by atoms with E-state index in [1.165, 1.54) is 11.3 Å². The van der Waals surface area contributed by atoms with Crippen molar-refractivity contribution in [3.05, 3.63) is 46.8 Å². The van der Waals surface area contributed by atoms with Gasteiger partial charge in [-0.05, 0) is 45.5 Å². The highest BCUT2D eigenvalue weighted by atomic mass is 15.2. The summed E-state index contributed by atoms with van der Waals surface area (Å²) in [4.78, 5) is 14.9. The fourth-order valence-electron chi connectivity index (χ4n) is 2.73. The van der Waals surface area contributed by atoms with Gasteiger partial charge in [-0.25, -0.2) is 9.97 Å². The van der Waals surface area contributed by atoms with Crippen LogP contribution in [0.4, 0.5) is 0 Å². The molecule has 3 rings (SSSR count). The molecule has 0 saturated heterocycles. The molecule has 0 bridgehead atoms. The summed E-state index contributed by atoms with van der Waals surface area (Å²) in [5.41, 5.74) is 5.70. The van der Waals surface area contributed by atoms with Crippen LogP contribution in [0, 0.1) is 20.8 Å². The molecule has 0 spiro atoms. The van der Waals surface area contributed by atoms with Gasteiger partial charge in [0.15, 0.2) is 0 Å². The molecule has 1 aromatic carbocycles. The van der Waals surface area contributed by atoms with E-state index in [0.29, 0.717) is 0 Å². The maximum atomic E-state index is 4.66. The van der Waals surface area contributed by atoms with Crippen LogP contribution < -0.4 is 0 Å². The van der Waals surface area contributed by atoms with Gasteiger partial charge in [0.05, 0.1) is 29.8 Å². The lowest BCUT2D eigenvalue weighted by molar-refractivity contribution is 0.300. The summed E-state index contributed by atoms with van der Waals surface area (Å²) < 4.78 is 2.16. The molecule has 1 N–H and O–H groups in total. The highest BCUT2D eigenvalue weighted by Gasteiger charge is 2.12. The van der Waals surface area contributed by atoms with E-state index in [0.717, 1.165) is 41.5 Å². The fraction of sp³-hybridized carbons (Fsp3) is 0.412. The van der Waals surface area contributed by atoms with Gasteiger partial charge < -0.3 is 9.55 Å². The second-order valence-corrected chi connectivity index (χ2v) is 6.13. The largest absolute Gasteiger partial charge is 0.341 e. The minimum Gasteiger partial charge on any atom is -0.341 e. The van der Waals surface area contributed by atoms with Crippen molar-refractivity contribution in [1.82, 2.24) is 24.4 Å². The van der Waals surface area contributed by atoms with Crippen molar-refractivity contribution >= 4 is 11.0 Å². The Kier molecular flexibility index (Phi) is 3.74. The Labute approximate surface area is 131 Å². The fourth-order valence-corrected chi connectivity index (χ4v) is 2.73. The molecule has 0 amide bonds. The zero-order chi connectivity index (χ0) is 15.9. The molecular formula is C17H23N5. The molecule has 0 saturated carbocycles. The van der Waals surface area contributed by atoms with Crippen LogP contribution in [0.5, 0.6) is 0 Å². The molecule has 0 unspecified atom stereocenters. The standard InChI is InChI=1S/C17H23N5/c1-11-6-7-14-15(8-11)20-16(19-14)9-21(4)10-17-18-12(2)13(3)22(17)5/h6-8H,9-10H2,1-5H3,(H,19,20). The van der Waals surface area contributed by atoms with Crippen molar-refractivity contribution in [3.63, 3.8) is 0 Å². The summed E-state index contributed by atoms with van der Waals surface area (Å²) >= 11 is 0. The number of benzene rings is 1. The number of aryl methyl sites for hydroxylation is 2. The van der Waals surface area contributed by atoms with Gasteiger partial charge in [-0.2, -0.15) is 0 Å². The third kappa shape index (κ3) is 2.76. The summed E-state index contributed by atoms with van der Waals surface area (Å²) in [5.74, 6) is 2.08. The van der Waals surface area contributed by atoms with E-state index in [4.69, 9.17) is 0 Å². The molecule has 0 fully saturated rings. The SMILES string of the molecule is Cc1ccc2nc(CN(C)Cc3nc(C)c(C)n3C)[nH]c2c1. The molecule has 0 aliphatic carbocycles. The summed E-state index contributed by atoms with van der Waals surface area (Å²) in [7, 11) is 4.17. The number of nitrogens with zero attached hydrogens (tertiary/aromatic N) is 4. The Hall–Kier alpha value is -2.14. The second-order valence-electron chi connectivity index (χ2n) is 6.13. The molecular weight excluding hydrogens is 274 g/mol. The Morgan fingerprint density at radius 1 is 1.14 bits per heavy atom. The van der Waals surface area contributed by atoms with Gasteiger partial charge in [-0.1, -0.05) is 6.07 Å². The third-order valence-electron chi connectivity index (χ3n) is 4.23. The van der Waals surface area contributed by atoms with Crippen molar-refractivity contribution in [1.29, 1.82) is 0 Å². The predicted molar refractivity (Wildman–Crippen MR) is 88.7 cm³/mol. The Balaban J connectivity index is 1.75. The summed E-state index contributed by atoms with van der Waals surface area (Å²) in [6, 6.07) is 6.30. The average molecular weight is 297 g/mol. The van der Waals surface area contributed by atoms with E-state index in [-0.39, 0.29) is 0 Å². The van der Waals surface area contributed by atoms with Gasteiger partial charge in [-0.15, -0.1) is 0 Å². The Bertz CT molecular complexity index is 812. The lowest BCUT2D eigenvalue weighted by atomic mass is 10.2. The zero-order valence-electron chi connectivity index (χ0n) is 13.9. The number of rotatable bonds is 4. The predicted octanol–water partition coefficient (Wildman–Crippen LogP) is 2.85. The van der Waals surface area contributed by atoms with Crippen LogP contribution in [-0.2, 0) is 20.1 Å². The van der Waals surface area contributed by atoms with Crippen molar-refractivity contribution in [3.8, 4) is 0 Å². The van der Waals surface area contributed by atoms with Crippen LogP contribution in [0.1, 0.15) is 28.6 Å². The molecule has 116 valence electrons. The van der Waals surface area contributed by atoms with Gasteiger partial charge in [-0.3, -0.25) is 4.90 Å². The van der Waals surface area contributed by atoms with Crippen LogP contribution in [0.15, 0.2) is 18.2 Å². The number of nitrogens with one attached hydrogen (secondary N) is 1. The number of hydrogen-bond acceptors (Lipinski definition) is 3. The second kappa shape index (κ2) is 5.57. The number of hydrogen-bond donors (Lipinski definition) is 1. The normalized spacial score (nSPS) is 11.7. The lowest BCUT2D eigenvalue weighted by Gasteiger charge is -2.14. The topological polar surface area (TPSA) is 49.7 Å². The maximum absolute atomic E-state index is 4.66. The first-order valence-corrected chi connectivity index (χ1v) is 7.56. The summed E-state index contributed by atoms with van der Waals surface area (Å²) in [6.07, 6.45) is 0. The van der Waals surface area contributed by atoms with Crippen LogP contribution in [0.2, 0.25) is 0 Å². The lowest BCUT2D eigenvalue weighted by Crippen LogP contribution is -2.20. The number of fused-ring (bicyclic) bond motifs is 1. The minimum atomic E-state index is 0.776. The summed E-state index contributed by atoms with van der Waals surface area (Å²) in [6.45, 7) is 7.84. The van der Waals surface area contributed by atoms with E-state index >= 15 is 0 Å². The van der Waals surface area contributed by atoms with Crippen LogP contribution in [0.3, 0.4) is 0 Å². The van der Waals surface area contributed by atoms with E-state index in [9.17, 15) is 0 Å². The highest BCUT2D eigenvalue weighted by Crippen LogP contribution is 2.15. The van der Waals surface area contributed by atoms with Crippen LogP contribution in [-0.4, -0.2) is 31.5 Å². The molecule has 2 heterocycles. The molecule has 5 heteroatoms. The summed E-state index contributed by atoms with van der Waals surface area (Å²) in [5, 5.41) is 0. The smallest absolute Gasteiger partial charge is 0.123 e. The molecule has 0 aliphatic heterocycles. The number of imidazole rings is 2. The van der Waals surface area contributed by atoms with Crippen molar-refractivity contribution < 1.29 is 0 Å². The quantitative estimate of drug-likeness (QED) is 0.805. The van der Waals surface area contributed by atoms with Crippen LogP contribution in [0.25, 0.3) is 11.0 Å². The number of aromatic amines is 1. The van der Waals surface area contributed by atoms with Gasteiger partial charge >= 0.3 is 0 Å². The average Bonchev–Trinajstić information content (AvgIpc) is 2.95. The van der Waals surface area contributed by atoms with E-state index in [1.807, 2.05) is 0 Å². The Morgan fingerprint density at radius 2 is 1.91 bits per heavy atom. The Morgan fingerprint density at radius 3 is 2.59 bits per heavy atom.